The van der Waals surface area contributed by atoms with Crippen LogP contribution in [0.1, 0.15) is 45.4 Å². The van der Waals surface area contributed by atoms with Crippen LogP contribution in [-0.2, 0) is 4.74 Å². The lowest BCUT2D eigenvalue weighted by Crippen LogP contribution is -2.13. The zero-order valence-corrected chi connectivity index (χ0v) is 8.61. The van der Waals surface area contributed by atoms with Crippen molar-refractivity contribution in [3.63, 3.8) is 0 Å². The second-order valence-electron chi connectivity index (χ2n) is 3.37. The minimum Gasteiger partial charge on any atom is -0.385 e. The van der Waals surface area contributed by atoms with Crippen molar-refractivity contribution in [1.82, 2.24) is 0 Å². The van der Waals surface area contributed by atoms with Gasteiger partial charge in [-0.1, -0.05) is 19.8 Å². The molecule has 0 heterocycles. The quantitative estimate of drug-likeness (QED) is 0.536. The standard InChI is InChI=1S/C10H20F2O/c1-3-10(11,12)8-6-4-5-7-9-13-2/h3-9H2,1-2H3. The number of hydrogen-bond donors (Lipinski definition) is 0. The number of alkyl halides is 2. The molecule has 0 saturated carbocycles. The maximum absolute atomic E-state index is 12.7. The molecule has 0 spiro atoms. The molecule has 0 bridgehead atoms. The lowest BCUT2D eigenvalue weighted by Gasteiger charge is -2.12. The van der Waals surface area contributed by atoms with Crippen LogP contribution in [0.15, 0.2) is 0 Å². The van der Waals surface area contributed by atoms with E-state index in [-0.39, 0.29) is 12.8 Å². The minimum absolute atomic E-state index is 0.0366. The Balaban J connectivity index is 3.16. The molecule has 0 fully saturated rings. The average Bonchev–Trinajstić information content (AvgIpc) is 2.11. The molecule has 0 aromatic rings. The topological polar surface area (TPSA) is 9.23 Å². The molecule has 0 radical (unpaired) electrons. The van der Waals surface area contributed by atoms with Gasteiger partial charge in [0.1, 0.15) is 0 Å². The third kappa shape index (κ3) is 8.16. The molecule has 0 aliphatic rings. The second-order valence-corrected chi connectivity index (χ2v) is 3.37. The fourth-order valence-corrected chi connectivity index (χ4v) is 1.16. The van der Waals surface area contributed by atoms with E-state index in [1.54, 1.807) is 7.11 Å². The monoisotopic (exact) mass is 194 g/mol. The Morgan fingerprint density at radius 2 is 1.69 bits per heavy atom. The number of unbranched alkanes of at least 4 members (excludes halogenated alkanes) is 3. The molecule has 0 aliphatic heterocycles. The van der Waals surface area contributed by atoms with E-state index in [0.29, 0.717) is 6.42 Å². The third-order valence-corrected chi connectivity index (χ3v) is 2.16. The van der Waals surface area contributed by atoms with Crippen molar-refractivity contribution >= 4 is 0 Å². The molecular formula is C10H20F2O. The van der Waals surface area contributed by atoms with Crippen molar-refractivity contribution in [2.45, 2.75) is 51.4 Å². The second kappa shape index (κ2) is 7.25. The molecule has 13 heavy (non-hydrogen) atoms. The smallest absolute Gasteiger partial charge is 0.247 e. The highest BCUT2D eigenvalue weighted by atomic mass is 19.3. The summed E-state index contributed by atoms with van der Waals surface area (Å²) in [7, 11) is 1.66. The summed E-state index contributed by atoms with van der Waals surface area (Å²) in [5.74, 6) is -2.44. The number of ether oxygens (including phenoxy) is 1. The molecule has 0 amide bonds. The molecule has 0 aliphatic carbocycles. The van der Waals surface area contributed by atoms with E-state index in [9.17, 15) is 8.78 Å². The first-order valence-corrected chi connectivity index (χ1v) is 4.99. The van der Waals surface area contributed by atoms with Crippen molar-refractivity contribution in [3.8, 4) is 0 Å². The van der Waals surface area contributed by atoms with Crippen LogP contribution in [0.4, 0.5) is 8.78 Å². The number of hydrogen-bond acceptors (Lipinski definition) is 1. The van der Waals surface area contributed by atoms with E-state index in [1.165, 1.54) is 6.92 Å². The van der Waals surface area contributed by atoms with Gasteiger partial charge in [0.2, 0.25) is 5.92 Å². The predicted molar refractivity (Wildman–Crippen MR) is 50.2 cm³/mol. The van der Waals surface area contributed by atoms with Crippen molar-refractivity contribution < 1.29 is 13.5 Å². The highest BCUT2D eigenvalue weighted by Crippen LogP contribution is 2.25. The van der Waals surface area contributed by atoms with Crippen LogP contribution in [0.3, 0.4) is 0 Å². The normalized spacial score (nSPS) is 12.0. The van der Waals surface area contributed by atoms with Crippen LogP contribution in [0.5, 0.6) is 0 Å². The van der Waals surface area contributed by atoms with Gasteiger partial charge in [-0.05, 0) is 12.8 Å². The highest BCUT2D eigenvalue weighted by Gasteiger charge is 2.24. The van der Waals surface area contributed by atoms with Gasteiger partial charge in [-0.3, -0.25) is 0 Å². The van der Waals surface area contributed by atoms with Crippen LogP contribution in [0.2, 0.25) is 0 Å². The molecule has 0 N–H and O–H groups in total. The van der Waals surface area contributed by atoms with Gasteiger partial charge in [-0.15, -0.1) is 0 Å². The lowest BCUT2D eigenvalue weighted by molar-refractivity contribution is -0.0137. The first-order chi connectivity index (χ1) is 6.12. The molecule has 0 unspecified atom stereocenters. The van der Waals surface area contributed by atoms with E-state index in [2.05, 4.69) is 0 Å². The summed E-state index contributed by atoms with van der Waals surface area (Å²) >= 11 is 0. The summed E-state index contributed by atoms with van der Waals surface area (Å²) in [5, 5.41) is 0. The Bertz CT molecular complexity index is 115. The summed E-state index contributed by atoms with van der Waals surface area (Å²) in [6.45, 7) is 2.27. The van der Waals surface area contributed by atoms with E-state index in [1.807, 2.05) is 0 Å². The maximum atomic E-state index is 12.7. The Kier molecular flexibility index (Phi) is 7.14. The summed E-state index contributed by atoms with van der Waals surface area (Å²) in [6, 6.07) is 0. The Morgan fingerprint density at radius 1 is 1.08 bits per heavy atom. The molecule has 0 rings (SSSR count). The number of methoxy groups -OCH3 is 1. The van der Waals surface area contributed by atoms with Gasteiger partial charge in [-0.25, -0.2) is 8.78 Å². The fourth-order valence-electron chi connectivity index (χ4n) is 1.16. The van der Waals surface area contributed by atoms with E-state index in [4.69, 9.17) is 4.74 Å². The van der Waals surface area contributed by atoms with Gasteiger partial charge in [-0.2, -0.15) is 0 Å². The van der Waals surface area contributed by atoms with Gasteiger partial charge < -0.3 is 4.74 Å². The van der Waals surface area contributed by atoms with Crippen LogP contribution < -0.4 is 0 Å². The molecule has 80 valence electrons. The molecule has 0 saturated heterocycles. The molecule has 0 aromatic heterocycles. The Morgan fingerprint density at radius 3 is 2.23 bits per heavy atom. The zero-order valence-electron chi connectivity index (χ0n) is 8.61. The number of halogens is 2. The van der Waals surface area contributed by atoms with Gasteiger partial charge in [0.15, 0.2) is 0 Å². The lowest BCUT2D eigenvalue weighted by atomic mass is 10.1. The summed E-state index contributed by atoms with van der Waals surface area (Å²) in [6.07, 6.45) is 3.49. The van der Waals surface area contributed by atoms with Crippen molar-refractivity contribution in [1.29, 1.82) is 0 Å². The van der Waals surface area contributed by atoms with Crippen LogP contribution in [0, 0.1) is 0 Å². The van der Waals surface area contributed by atoms with Crippen molar-refractivity contribution in [2.75, 3.05) is 13.7 Å². The largest absolute Gasteiger partial charge is 0.385 e. The summed E-state index contributed by atoms with van der Waals surface area (Å²) in [5.41, 5.74) is 0. The van der Waals surface area contributed by atoms with E-state index in [0.717, 1.165) is 25.9 Å². The first kappa shape index (κ1) is 12.8. The molecule has 0 atom stereocenters. The van der Waals surface area contributed by atoms with Gasteiger partial charge in [0, 0.05) is 26.6 Å². The Labute approximate surface area is 79.5 Å². The van der Waals surface area contributed by atoms with Crippen molar-refractivity contribution in [2.24, 2.45) is 0 Å². The van der Waals surface area contributed by atoms with Crippen molar-refractivity contribution in [3.05, 3.63) is 0 Å². The van der Waals surface area contributed by atoms with Crippen LogP contribution in [-0.4, -0.2) is 19.6 Å². The first-order valence-electron chi connectivity index (χ1n) is 4.99. The molecule has 3 heteroatoms. The van der Waals surface area contributed by atoms with Crippen LogP contribution >= 0.6 is 0 Å². The Hall–Kier alpha value is -0.180. The van der Waals surface area contributed by atoms with Gasteiger partial charge >= 0.3 is 0 Å². The predicted octanol–water partition coefficient (Wildman–Crippen LogP) is 3.63. The third-order valence-electron chi connectivity index (χ3n) is 2.16. The average molecular weight is 194 g/mol. The fraction of sp³-hybridized carbons (Fsp3) is 1.00. The van der Waals surface area contributed by atoms with Crippen LogP contribution in [0.25, 0.3) is 0 Å². The maximum Gasteiger partial charge on any atom is 0.247 e. The number of rotatable bonds is 8. The van der Waals surface area contributed by atoms with Gasteiger partial charge in [0.05, 0.1) is 0 Å². The molecule has 1 nitrogen and oxygen atoms in total. The van der Waals surface area contributed by atoms with E-state index < -0.39 is 5.92 Å². The zero-order chi connectivity index (χ0) is 10.2. The SMILES string of the molecule is CCC(F)(F)CCCCCCOC. The van der Waals surface area contributed by atoms with E-state index >= 15 is 0 Å². The minimum atomic E-state index is -2.44. The summed E-state index contributed by atoms with van der Waals surface area (Å²) in [4.78, 5) is 0. The molecule has 0 aromatic carbocycles. The van der Waals surface area contributed by atoms with Gasteiger partial charge in [0.25, 0.3) is 0 Å². The highest BCUT2D eigenvalue weighted by molar-refractivity contribution is 4.62. The summed E-state index contributed by atoms with van der Waals surface area (Å²) < 4.78 is 30.3. The molecular weight excluding hydrogens is 174 g/mol.